The Morgan fingerprint density at radius 1 is 0.857 bits per heavy atom. The van der Waals surface area contributed by atoms with Crippen molar-refractivity contribution in [3.8, 4) is 11.1 Å². The number of unbranched alkanes of at least 4 members (excludes halogenated alkanes) is 5. The Labute approximate surface area is 243 Å². The molecule has 0 fully saturated rings. The summed E-state index contributed by atoms with van der Waals surface area (Å²) in [7, 11) is -4.18. The molecule has 0 saturated heterocycles. The number of halogens is 3. The highest BCUT2D eigenvalue weighted by Gasteiger charge is 2.42. The standard InChI is InChI=1S/C31H33F3N2O5S/c32-31(33,34)25-12-9-11-23(20-25)22-15-17-26(18-16-22)42(40,41)36-27-13-7-6-10-24(27)21-28(36)30(39)35-19-8-4-2-1-3-5-14-29(37)38/h6-7,9-13,15-18,20,28H,1-5,8,14,19,21H2,(H,35,39)(H,37,38)/t28-/m0/s1. The van der Waals surface area contributed by atoms with Gasteiger partial charge in [-0.15, -0.1) is 0 Å². The first-order valence-electron chi connectivity index (χ1n) is 13.9. The van der Waals surface area contributed by atoms with Crippen LogP contribution in [0.3, 0.4) is 0 Å². The molecule has 2 N–H and O–H groups in total. The van der Waals surface area contributed by atoms with Crippen LogP contribution in [0.2, 0.25) is 0 Å². The van der Waals surface area contributed by atoms with E-state index in [1.807, 2.05) is 0 Å². The number of hydrogen-bond acceptors (Lipinski definition) is 4. The monoisotopic (exact) mass is 602 g/mol. The van der Waals surface area contributed by atoms with Crippen molar-refractivity contribution in [3.63, 3.8) is 0 Å². The van der Waals surface area contributed by atoms with E-state index < -0.39 is 39.7 Å². The molecule has 42 heavy (non-hydrogen) atoms. The summed E-state index contributed by atoms with van der Waals surface area (Å²) in [4.78, 5) is 23.7. The van der Waals surface area contributed by atoms with Crippen molar-refractivity contribution in [1.82, 2.24) is 5.32 Å². The van der Waals surface area contributed by atoms with Crippen LogP contribution in [0.25, 0.3) is 11.1 Å². The molecule has 1 aliphatic rings. The van der Waals surface area contributed by atoms with Crippen LogP contribution >= 0.6 is 0 Å². The number of alkyl halides is 3. The van der Waals surface area contributed by atoms with E-state index >= 15 is 0 Å². The number of fused-ring (bicyclic) bond motifs is 1. The van der Waals surface area contributed by atoms with Crippen molar-refractivity contribution in [2.75, 3.05) is 10.8 Å². The van der Waals surface area contributed by atoms with Gasteiger partial charge in [0.1, 0.15) is 6.04 Å². The normalized spacial score (nSPS) is 14.9. The predicted molar refractivity (Wildman–Crippen MR) is 153 cm³/mol. The average Bonchev–Trinajstić information content (AvgIpc) is 3.36. The molecule has 1 atom stereocenters. The number of aliphatic carboxylic acids is 1. The van der Waals surface area contributed by atoms with Gasteiger partial charge < -0.3 is 10.4 Å². The van der Waals surface area contributed by atoms with E-state index in [9.17, 15) is 31.2 Å². The third-order valence-electron chi connectivity index (χ3n) is 7.28. The van der Waals surface area contributed by atoms with Crippen LogP contribution in [0.5, 0.6) is 0 Å². The van der Waals surface area contributed by atoms with Crippen molar-refractivity contribution in [2.24, 2.45) is 0 Å². The summed E-state index contributed by atoms with van der Waals surface area (Å²) in [5, 5.41) is 11.6. The number of amides is 1. The van der Waals surface area contributed by atoms with E-state index in [1.54, 1.807) is 24.3 Å². The highest BCUT2D eigenvalue weighted by molar-refractivity contribution is 7.93. The predicted octanol–water partition coefficient (Wildman–Crippen LogP) is 6.42. The number of rotatable bonds is 13. The molecule has 1 heterocycles. The number of benzene rings is 3. The topological polar surface area (TPSA) is 104 Å². The summed E-state index contributed by atoms with van der Waals surface area (Å²) < 4.78 is 68.3. The van der Waals surface area contributed by atoms with Crippen LogP contribution in [-0.2, 0) is 32.2 Å². The molecule has 1 amide bonds. The number of nitrogens with one attached hydrogen (secondary N) is 1. The summed E-state index contributed by atoms with van der Waals surface area (Å²) in [6.45, 7) is 0.389. The first kappa shape index (κ1) is 31.1. The maximum atomic E-state index is 13.8. The van der Waals surface area contributed by atoms with E-state index in [4.69, 9.17) is 5.11 Å². The summed E-state index contributed by atoms with van der Waals surface area (Å²) >= 11 is 0. The van der Waals surface area contributed by atoms with Gasteiger partial charge in [0.05, 0.1) is 16.1 Å². The summed E-state index contributed by atoms with van der Waals surface area (Å²) in [5.41, 5.74) is 1.08. The number of para-hydroxylation sites is 1. The van der Waals surface area contributed by atoms with E-state index in [-0.39, 0.29) is 17.7 Å². The lowest BCUT2D eigenvalue weighted by Gasteiger charge is -2.26. The molecule has 3 aromatic rings. The second kappa shape index (κ2) is 13.4. The van der Waals surface area contributed by atoms with Gasteiger partial charge in [0.15, 0.2) is 0 Å². The molecule has 0 aliphatic carbocycles. The number of carboxylic acids is 1. The molecule has 0 spiro atoms. The number of anilines is 1. The molecule has 0 saturated carbocycles. The largest absolute Gasteiger partial charge is 0.481 e. The molecule has 0 unspecified atom stereocenters. The Hall–Kier alpha value is -3.86. The molecule has 0 aromatic heterocycles. The minimum atomic E-state index is -4.50. The van der Waals surface area contributed by atoms with Crippen LogP contribution in [0.1, 0.15) is 56.1 Å². The first-order chi connectivity index (χ1) is 20.0. The van der Waals surface area contributed by atoms with Crippen LogP contribution in [0.4, 0.5) is 18.9 Å². The average molecular weight is 603 g/mol. The third kappa shape index (κ3) is 7.50. The fourth-order valence-electron chi connectivity index (χ4n) is 5.10. The smallest absolute Gasteiger partial charge is 0.416 e. The molecule has 11 heteroatoms. The number of carbonyl (C=O) groups is 2. The van der Waals surface area contributed by atoms with Gasteiger partial charge >= 0.3 is 12.1 Å². The zero-order valence-corrected chi connectivity index (χ0v) is 23.8. The van der Waals surface area contributed by atoms with Crippen molar-refractivity contribution in [2.45, 2.75) is 68.5 Å². The van der Waals surface area contributed by atoms with Crippen molar-refractivity contribution >= 4 is 27.6 Å². The van der Waals surface area contributed by atoms with Gasteiger partial charge in [-0.05, 0) is 59.9 Å². The maximum Gasteiger partial charge on any atom is 0.416 e. The van der Waals surface area contributed by atoms with Gasteiger partial charge in [-0.1, -0.05) is 68.1 Å². The number of hydrogen-bond donors (Lipinski definition) is 2. The quantitative estimate of drug-likeness (QED) is 0.220. The molecular formula is C31H33F3N2O5S. The van der Waals surface area contributed by atoms with E-state index in [1.165, 1.54) is 36.4 Å². The summed E-state index contributed by atoms with van der Waals surface area (Å²) in [5.74, 6) is -1.20. The number of nitrogens with zero attached hydrogens (tertiary/aromatic N) is 1. The summed E-state index contributed by atoms with van der Waals surface area (Å²) in [6, 6.07) is 16.4. The number of sulfonamides is 1. The first-order valence-corrected chi connectivity index (χ1v) is 15.3. The Balaban J connectivity index is 1.44. The molecule has 1 aliphatic heterocycles. The molecule has 0 radical (unpaired) electrons. The van der Waals surface area contributed by atoms with Gasteiger partial charge in [-0.2, -0.15) is 13.2 Å². The SMILES string of the molecule is O=C(O)CCCCCCCCNC(=O)[C@@H]1Cc2ccccc2N1S(=O)(=O)c1ccc(-c2cccc(C(F)(F)F)c2)cc1. The van der Waals surface area contributed by atoms with Gasteiger partial charge in [-0.3, -0.25) is 13.9 Å². The Morgan fingerprint density at radius 2 is 1.52 bits per heavy atom. The van der Waals surface area contributed by atoms with Crippen molar-refractivity contribution in [3.05, 3.63) is 83.9 Å². The number of carbonyl (C=O) groups excluding carboxylic acids is 1. The zero-order chi connectivity index (χ0) is 30.3. The van der Waals surface area contributed by atoms with Crippen molar-refractivity contribution < 1.29 is 36.3 Å². The Kier molecular flexibility index (Phi) is 9.93. The van der Waals surface area contributed by atoms with E-state index in [2.05, 4.69) is 5.32 Å². The second-order valence-corrected chi connectivity index (χ2v) is 12.1. The molecule has 224 valence electrons. The summed E-state index contributed by atoms with van der Waals surface area (Å²) in [6.07, 6.45) is 0.776. The Bertz CT molecular complexity index is 1510. The fraction of sp³-hybridized carbons (Fsp3) is 0.355. The highest BCUT2D eigenvalue weighted by atomic mass is 32.2. The minimum Gasteiger partial charge on any atom is -0.481 e. The third-order valence-corrected chi connectivity index (χ3v) is 9.12. The lowest BCUT2D eigenvalue weighted by atomic mass is 10.0. The van der Waals surface area contributed by atoms with Gasteiger partial charge in [0, 0.05) is 19.4 Å². The van der Waals surface area contributed by atoms with Crippen LogP contribution in [0.15, 0.2) is 77.7 Å². The molecule has 4 rings (SSSR count). The Morgan fingerprint density at radius 3 is 2.21 bits per heavy atom. The van der Waals surface area contributed by atoms with Crippen molar-refractivity contribution in [1.29, 1.82) is 0 Å². The van der Waals surface area contributed by atoms with Crippen LogP contribution < -0.4 is 9.62 Å². The maximum absolute atomic E-state index is 13.8. The van der Waals surface area contributed by atoms with E-state index in [0.717, 1.165) is 47.7 Å². The van der Waals surface area contributed by atoms with Crippen LogP contribution in [0, 0.1) is 0 Å². The molecule has 7 nitrogen and oxygen atoms in total. The molecule has 0 bridgehead atoms. The van der Waals surface area contributed by atoms with E-state index in [0.29, 0.717) is 36.2 Å². The lowest BCUT2D eigenvalue weighted by Crippen LogP contribution is -2.48. The van der Waals surface area contributed by atoms with Crippen LogP contribution in [-0.4, -0.2) is 38.0 Å². The van der Waals surface area contributed by atoms with Gasteiger partial charge in [-0.25, -0.2) is 8.42 Å². The van der Waals surface area contributed by atoms with Gasteiger partial charge in [0.25, 0.3) is 10.0 Å². The van der Waals surface area contributed by atoms with Gasteiger partial charge in [0.2, 0.25) is 5.91 Å². The second-order valence-electron chi connectivity index (χ2n) is 10.3. The number of carboxylic acid groups (broad SMARTS) is 1. The lowest BCUT2D eigenvalue weighted by molar-refractivity contribution is -0.138. The zero-order valence-electron chi connectivity index (χ0n) is 22.9. The fourth-order valence-corrected chi connectivity index (χ4v) is 6.75. The minimum absolute atomic E-state index is 0.0735. The molecular weight excluding hydrogens is 569 g/mol. The highest BCUT2D eigenvalue weighted by Crippen LogP contribution is 2.38. The molecule has 3 aromatic carbocycles.